The predicted molar refractivity (Wildman–Crippen MR) is 153 cm³/mol. The monoisotopic (exact) mass is 544 g/mol. The molecule has 0 amide bonds. The average Bonchev–Trinajstić information content (AvgIpc) is 2.99. The highest BCUT2D eigenvalue weighted by Crippen LogP contribution is 2.56. The summed E-state index contributed by atoms with van der Waals surface area (Å²) in [5.74, 6) is 1.71. The third-order valence-corrected chi connectivity index (χ3v) is 8.46. The van der Waals surface area contributed by atoms with Gasteiger partial charge in [0.2, 0.25) is 0 Å². The highest BCUT2D eigenvalue weighted by Gasteiger charge is 2.50. The van der Waals surface area contributed by atoms with Gasteiger partial charge in [0, 0.05) is 18.4 Å². The van der Waals surface area contributed by atoms with Crippen molar-refractivity contribution in [1.82, 2.24) is 0 Å². The van der Waals surface area contributed by atoms with Crippen LogP contribution in [0.1, 0.15) is 86.1 Å². The molecule has 6 rings (SSSR count). The molecule has 3 aromatic carbocycles. The number of benzene rings is 3. The van der Waals surface area contributed by atoms with Crippen LogP contribution in [0.15, 0.2) is 66.7 Å². The number of hydrogen-bond donors (Lipinski definition) is 1. The molecule has 6 heteroatoms. The van der Waals surface area contributed by atoms with Gasteiger partial charge in [0.1, 0.15) is 29.0 Å². The summed E-state index contributed by atoms with van der Waals surface area (Å²) in [6.45, 7) is 5.54. The van der Waals surface area contributed by atoms with E-state index in [9.17, 15) is 5.11 Å². The van der Waals surface area contributed by atoms with E-state index in [2.05, 4.69) is 37.3 Å². The Morgan fingerprint density at radius 2 is 1.48 bits per heavy atom. The lowest BCUT2D eigenvalue weighted by Crippen LogP contribution is -2.42. The van der Waals surface area contributed by atoms with Crippen molar-refractivity contribution < 1.29 is 28.8 Å². The highest BCUT2D eigenvalue weighted by atomic mass is 16.7. The van der Waals surface area contributed by atoms with Crippen LogP contribution in [0.5, 0.6) is 17.2 Å². The van der Waals surface area contributed by atoms with Gasteiger partial charge < -0.3 is 28.8 Å². The molecule has 3 aliphatic heterocycles. The van der Waals surface area contributed by atoms with Gasteiger partial charge in [0.05, 0.1) is 19.1 Å². The van der Waals surface area contributed by atoms with Crippen LogP contribution in [0.25, 0.3) is 0 Å². The Hall–Kier alpha value is -3.06. The van der Waals surface area contributed by atoms with Gasteiger partial charge in [-0.2, -0.15) is 0 Å². The Kier molecular flexibility index (Phi) is 8.01. The topological polar surface area (TPSA) is 66.4 Å². The Bertz CT molecular complexity index is 1280. The van der Waals surface area contributed by atoms with Crippen molar-refractivity contribution in [3.63, 3.8) is 0 Å². The summed E-state index contributed by atoms with van der Waals surface area (Å²) in [5, 5.41) is 12.6. The number of ether oxygens (including phenoxy) is 5. The minimum atomic E-state index is -1.21. The second-order valence-corrected chi connectivity index (χ2v) is 11.3. The van der Waals surface area contributed by atoms with Crippen LogP contribution in [-0.2, 0) is 15.1 Å². The third-order valence-electron chi connectivity index (χ3n) is 8.46. The van der Waals surface area contributed by atoms with E-state index >= 15 is 0 Å². The lowest BCUT2D eigenvalue weighted by Gasteiger charge is -2.46. The van der Waals surface area contributed by atoms with Crippen molar-refractivity contribution in [1.29, 1.82) is 0 Å². The first-order valence-corrected chi connectivity index (χ1v) is 14.8. The summed E-state index contributed by atoms with van der Waals surface area (Å²) in [5.41, 5.74) is 2.67. The minimum Gasteiger partial charge on any atom is -0.485 e. The number of fused-ring (bicyclic) bond motifs is 1. The maximum absolute atomic E-state index is 12.6. The molecule has 2 saturated heterocycles. The molecule has 0 bridgehead atoms. The summed E-state index contributed by atoms with van der Waals surface area (Å²) in [7, 11) is 0. The molecule has 0 aliphatic carbocycles. The second kappa shape index (κ2) is 11.8. The Morgan fingerprint density at radius 3 is 2.10 bits per heavy atom. The van der Waals surface area contributed by atoms with Crippen LogP contribution in [0, 0.1) is 6.92 Å². The molecular formula is C34H40O6. The van der Waals surface area contributed by atoms with Crippen LogP contribution in [0.3, 0.4) is 0 Å². The van der Waals surface area contributed by atoms with Crippen molar-refractivity contribution in [2.24, 2.45) is 0 Å². The zero-order chi connectivity index (χ0) is 27.5. The van der Waals surface area contributed by atoms with E-state index in [1.165, 1.54) is 5.56 Å². The molecule has 6 nitrogen and oxygen atoms in total. The van der Waals surface area contributed by atoms with Gasteiger partial charge in [-0.25, -0.2) is 0 Å². The molecule has 212 valence electrons. The van der Waals surface area contributed by atoms with Gasteiger partial charge in [-0.15, -0.1) is 0 Å². The van der Waals surface area contributed by atoms with Crippen LogP contribution in [0.4, 0.5) is 0 Å². The van der Waals surface area contributed by atoms with E-state index < -0.39 is 11.7 Å². The number of rotatable bonds is 7. The first-order chi connectivity index (χ1) is 19.5. The van der Waals surface area contributed by atoms with Gasteiger partial charge in [-0.1, -0.05) is 48.9 Å². The lowest BCUT2D eigenvalue weighted by atomic mass is 9.69. The van der Waals surface area contributed by atoms with Crippen molar-refractivity contribution >= 4 is 0 Å². The zero-order valence-corrected chi connectivity index (χ0v) is 23.5. The fraction of sp³-hybridized carbons (Fsp3) is 0.471. The minimum absolute atomic E-state index is 0.244. The van der Waals surface area contributed by atoms with Crippen molar-refractivity contribution in [2.75, 3.05) is 13.2 Å². The second-order valence-electron chi connectivity index (χ2n) is 11.3. The molecule has 40 heavy (non-hydrogen) atoms. The molecule has 2 fully saturated rings. The molecule has 0 saturated carbocycles. The van der Waals surface area contributed by atoms with E-state index in [1.54, 1.807) is 0 Å². The zero-order valence-electron chi connectivity index (χ0n) is 23.5. The Balaban J connectivity index is 1.39. The van der Waals surface area contributed by atoms with Crippen LogP contribution in [-0.4, -0.2) is 30.9 Å². The van der Waals surface area contributed by atoms with E-state index in [4.69, 9.17) is 23.7 Å². The third kappa shape index (κ3) is 5.58. The largest absolute Gasteiger partial charge is 0.485 e. The van der Waals surface area contributed by atoms with Crippen molar-refractivity contribution in [3.8, 4) is 17.2 Å². The molecule has 5 atom stereocenters. The first kappa shape index (κ1) is 27.1. The summed E-state index contributed by atoms with van der Waals surface area (Å²) in [4.78, 5) is 0. The predicted octanol–water partition coefficient (Wildman–Crippen LogP) is 7.32. The maximum atomic E-state index is 12.6. The number of aliphatic hydroxyl groups is 1. The van der Waals surface area contributed by atoms with E-state index in [-0.39, 0.29) is 18.5 Å². The maximum Gasteiger partial charge on any atom is 0.199 e. The molecule has 1 N–H and O–H groups in total. The lowest BCUT2D eigenvalue weighted by molar-refractivity contribution is -0.106. The Morgan fingerprint density at radius 1 is 0.800 bits per heavy atom. The number of aryl methyl sites for hydroxylation is 1. The summed E-state index contributed by atoms with van der Waals surface area (Å²) in [6, 6.07) is 22.2. The molecule has 3 heterocycles. The molecule has 3 aliphatic rings. The average molecular weight is 545 g/mol. The SMILES string of the molecule is CCC1(O)c2cc(OC3CCCCO3)ccc2OC(c2ccc(C)cc2)C1c1cccc(OC2CCCCO2)c1. The van der Waals surface area contributed by atoms with Gasteiger partial charge in [0.15, 0.2) is 12.6 Å². The number of hydrogen-bond acceptors (Lipinski definition) is 6. The van der Waals surface area contributed by atoms with Gasteiger partial charge in [-0.05, 0) is 80.5 Å². The fourth-order valence-corrected chi connectivity index (χ4v) is 6.22. The standard InChI is InChI=1S/C34H40O6/c1-3-34(35)28-22-27(39-31-12-5-7-20-37-31)17-18-29(28)40-33(24-15-13-23(2)14-16-24)32(34)25-9-8-10-26(21-25)38-30-11-4-6-19-36-30/h8-10,13-18,21-22,30-33,35H,3-7,11-12,19-20H2,1-2H3. The molecule has 5 unspecified atom stereocenters. The summed E-state index contributed by atoms with van der Waals surface area (Å²) < 4.78 is 30.8. The van der Waals surface area contributed by atoms with Gasteiger partial charge in [-0.3, -0.25) is 0 Å². The van der Waals surface area contributed by atoms with Gasteiger partial charge in [0.25, 0.3) is 0 Å². The molecular weight excluding hydrogens is 504 g/mol. The van der Waals surface area contributed by atoms with E-state index in [0.29, 0.717) is 24.5 Å². The van der Waals surface area contributed by atoms with Crippen LogP contribution in [0.2, 0.25) is 0 Å². The van der Waals surface area contributed by atoms with Gasteiger partial charge >= 0.3 is 0 Å². The van der Waals surface area contributed by atoms with Crippen molar-refractivity contribution in [2.45, 2.75) is 89.0 Å². The molecule has 0 spiro atoms. The normalized spacial score (nSPS) is 28.3. The smallest absolute Gasteiger partial charge is 0.199 e. The van der Waals surface area contributed by atoms with E-state index in [0.717, 1.165) is 67.6 Å². The first-order valence-electron chi connectivity index (χ1n) is 14.8. The fourth-order valence-electron chi connectivity index (χ4n) is 6.22. The summed E-state index contributed by atoms with van der Waals surface area (Å²) in [6.07, 6.45) is 5.64. The van der Waals surface area contributed by atoms with Crippen LogP contribution < -0.4 is 14.2 Å². The molecule has 3 aromatic rings. The quantitative estimate of drug-likeness (QED) is 0.336. The van der Waals surface area contributed by atoms with Crippen LogP contribution >= 0.6 is 0 Å². The summed E-state index contributed by atoms with van der Waals surface area (Å²) >= 11 is 0. The van der Waals surface area contributed by atoms with E-state index in [1.807, 2.05) is 43.3 Å². The Labute approximate surface area is 237 Å². The highest BCUT2D eigenvalue weighted by molar-refractivity contribution is 5.50. The molecule has 0 aromatic heterocycles. The molecule has 0 radical (unpaired) electrons. The van der Waals surface area contributed by atoms with Crippen molar-refractivity contribution in [3.05, 3.63) is 89.0 Å².